The highest BCUT2D eigenvalue weighted by Gasteiger charge is 2.25. The Morgan fingerprint density at radius 1 is 1.65 bits per heavy atom. The normalized spacial score (nSPS) is 14.9. The fourth-order valence-electron chi connectivity index (χ4n) is 1.67. The molecule has 92 valence electrons. The third-order valence-corrected chi connectivity index (χ3v) is 2.89. The number of carboxylic acids is 1. The monoisotopic (exact) mass is 236 g/mol. The first-order chi connectivity index (χ1) is 8.18. The van der Waals surface area contributed by atoms with Gasteiger partial charge in [-0.1, -0.05) is 0 Å². The summed E-state index contributed by atoms with van der Waals surface area (Å²) in [6, 6.07) is 2.13. The molecule has 1 aliphatic carbocycles. The molecule has 0 saturated heterocycles. The number of hydrogen-bond acceptors (Lipinski definition) is 4. The molecule has 0 atom stereocenters. The lowest BCUT2D eigenvalue weighted by molar-refractivity contribution is 0.0691. The van der Waals surface area contributed by atoms with Gasteiger partial charge in [0.2, 0.25) is 0 Å². The molecule has 0 bridgehead atoms. The summed E-state index contributed by atoms with van der Waals surface area (Å²) in [5.41, 5.74) is 0.161. The summed E-state index contributed by atoms with van der Waals surface area (Å²) in [7, 11) is 2.06. The molecule has 1 aromatic heterocycles. The zero-order valence-corrected chi connectivity index (χ0v) is 9.80. The summed E-state index contributed by atoms with van der Waals surface area (Å²) in [5, 5.41) is 8.95. The van der Waals surface area contributed by atoms with Gasteiger partial charge in [-0.05, 0) is 26.0 Å². The van der Waals surface area contributed by atoms with E-state index >= 15 is 0 Å². The quantitative estimate of drug-likeness (QED) is 0.805. The number of likely N-dealkylation sites (N-methyl/N-ethyl adjacent to an activating group) is 1. The predicted molar refractivity (Wildman–Crippen MR) is 62.3 cm³/mol. The van der Waals surface area contributed by atoms with Gasteiger partial charge in [0.15, 0.2) is 5.75 Å². The van der Waals surface area contributed by atoms with E-state index in [0.29, 0.717) is 18.4 Å². The first kappa shape index (κ1) is 11.9. The van der Waals surface area contributed by atoms with E-state index in [1.807, 2.05) is 0 Å². The number of carboxylic acid groups (broad SMARTS) is 1. The minimum absolute atomic E-state index is 0.161. The molecule has 0 unspecified atom stereocenters. The van der Waals surface area contributed by atoms with Crippen LogP contribution in [0.3, 0.4) is 0 Å². The lowest BCUT2D eigenvalue weighted by atomic mass is 10.2. The van der Waals surface area contributed by atoms with E-state index in [1.54, 1.807) is 0 Å². The third kappa shape index (κ3) is 3.17. The van der Waals surface area contributed by atoms with Crippen molar-refractivity contribution in [1.82, 2.24) is 9.88 Å². The number of hydrogen-bond donors (Lipinski definition) is 1. The molecule has 0 spiro atoms. The fourth-order valence-corrected chi connectivity index (χ4v) is 1.67. The maximum absolute atomic E-state index is 10.9. The van der Waals surface area contributed by atoms with Crippen LogP contribution in [0.5, 0.6) is 5.75 Å². The molecule has 2 rings (SSSR count). The van der Waals surface area contributed by atoms with E-state index in [1.165, 1.54) is 31.3 Å². The predicted octanol–water partition coefficient (Wildman–Crippen LogP) is 1.25. The van der Waals surface area contributed by atoms with Crippen molar-refractivity contribution < 1.29 is 14.6 Å². The van der Waals surface area contributed by atoms with Crippen LogP contribution in [0.15, 0.2) is 18.5 Å². The second-order valence-electron chi connectivity index (χ2n) is 4.24. The molecular weight excluding hydrogens is 220 g/mol. The molecule has 1 N–H and O–H groups in total. The van der Waals surface area contributed by atoms with Crippen LogP contribution in [-0.2, 0) is 0 Å². The summed E-state index contributed by atoms with van der Waals surface area (Å²) in [6.45, 7) is 1.29. The first-order valence-corrected chi connectivity index (χ1v) is 5.69. The van der Waals surface area contributed by atoms with Gasteiger partial charge in [0, 0.05) is 18.8 Å². The molecule has 0 radical (unpaired) electrons. The van der Waals surface area contributed by atoms with Crippen LogP contribution in [0.1, 0.15) is 23.2 Å². The second kappa shape index (κ2) is 5.14. The molecule has 0 amide bonds. The first-order valence-electron chi connectivity index (χ1n) is 5.69. The largest absolute Gasteiger partial charge is 0.490 e. The Balaban J connectivity index is 1.87. The van der Waals surface area contributed by atoms with Gasteiger partial charge in [0.25, 0.3) is 0 Å². The number of nitrogens with zero attached hydrogens (tertiary/aromatic N) is 2. The van der Waals surface area contributed by atoms with Crippen LogP contribution >= 0.6 is 0 Å². The Bertz CT molecular complexity index is 404. The van der Waals surface area contributed by atoms with Crippen molar-refractivity contribution >= 4 is 5.97 Å². The maximum atomic E-state index is 10.9. The molecule has 1 saturated carbocycles. The summed E-state index contributed by atoms with van der Waals surface area (Å²) in [6.07, 6.45) is 5.40. The molecule has 1 fully saturated rings. The van der Waals surface area contributed by atoms with Gasteiger partial charge < -0.3 is 14.7 Å². The number of carbonyl (C=O) groups is 1. The molecule has 0 aromatic carbocycles. The Kier molecular flexibility index (Phi) is 3.58. The summed E-state index contributed by atoms with van der Waals surface area (Å²) < 4.78 is 5.46. The lowest BCUT2D eigenvalue weighted by Crippen LogP contribution is -2.26. The smallest absolute Gasteiger partial charge is 0.339 e. The highest BCUT2D eigenvalue weighted by atomic mass is 16.5. The van der Waals surface area contributed by atoms with Crippen molar-refractivity contribution in [2.24, 2.45) is 0 Å². The van der Waals surface area contributed by atoms with Crippen LogP contribution in [0, 0.1) is 0 Å². The van der Waals surface area contributed by atoms with Crippen molar-refractivity contribution in [3.05, 3.63) is 24.0 Å². The number of aromatic carboxylic acids is 1. The number of pyridine rings is 1. The van der Waals surface area contributed by atoms with Crippen LogP contribution in [0.2, 0.25) is 0 Å². The molecule has 17 heavy (non-hydrogen) atoms. The molecule has 1 aliphatic rings. The zero-order valence-electron chi connectivity index (χ0n) is 9.80. The number of aromatic nitrogens is 1. The molecule has 0 aliphatic heterocycles. The molecular formula is C12H16N2O3. The Morgan fingerprint density at radius 3 is 3.06 bits per heavy atom. The van der Waals surface area contributed by atoms with Crippen molar-refractivity contribution in [2.75, 3.05) is 20.2 Å². The number of rotatable bonds is 6. The highest BCUT2D eigenvalue weighted by molar-refractivity contribution is 5.90. The maximum Gasteiger partial charge on any atom is 0.339 e. The van der Waals surface area contributed by atoms with Crippen molar-refractivity contribution in [3.8, 4) is 5.75 Å². The Hall–Kier alpha value is -1.62. The standard InChI is InChI=1S/C12H16N2O3/c1-14(9-2-3-9)6-7-17-11-8-13-5-4-10(11)12(15)16/h4-5,8-9H,2-3,6-7H2,1H3,(H,15,16). The summed E-state index contributed by atoms with van der Waals surface area (Å²) >= 11 is 0. The van der Waals surface area contributed by atoms with Gasteiger partial charge in [-0.25, -0.2) is 4.79 Å². The van der Waals surface area contributed by atoms with Gasteiger partial charge in [0.1, 0.15) is 12.2 Å². The second-order valence-corrected chi connectivity index (χ2v) is 4.24. The van der Waals surface area contributed by atoms with E-state index in [4.69, 9.17) is 9.84 Å². The highest BCUT2D eigenvalue weighted by Crippen LogP contribution is 2.25. The molecule has 5 nitrogen and oxygen atoms in total. The lowest BCUT2D eigenvalue weighted by Gasteiger charge is -2.16. The van der Waals surface area contributed by atoms with Gasteiger partial charge >= 0.3 is 5.97 Å². The van der Waals surface area contributed by atoms with Crippen LogP contribution in [0.4, 0.5) is 0 Å². The van der Waals surface area contributed by atoms with Gasteiger partial charge in [-0.2, -0.15) is 0 Å². The van der Waals surface area contributed by atoms with E-state index in [2.05, 4.69) is 16.9 Å². The summed E-state index contributed by atoms with van der Waals surface area (Å²) in [5.74, 6) is -0.651. The minimum atomic E-state index is -0.988. The van der Waals surface area contributed by atoms with Crippen molar-refractivity contribution in [2.45, 2.75) is 18.9 Å². The topological polar surface area (TPSA) is 62.7 Å². The van der Waals surface area contributed by atoms with E-state index < -0.39 is 5.97 Å². The third-order valence-electron chi connectivity index (χ3n) is 2.89. The molecule has 1 heterocycles. The molecule has 1 aromatic rings. The van der Waals surface area contributed by atoms with Crippen LogP contribution < -0.4 is 4.74 Å². The zero-order chi connectivity index (χ0) is 12.3. The van der Waals surface area contributed by atoms with Gasteiger partial charge in [-0.15, -0.1) is 0 Å². The van der Waals surface area contributed by atoms with Crippen LogP contribution in [0.25, 0.3) is 0 Å². The Morgan fingerprint density at radius 2 is 2.41 bits per heavy atom. The Labute approximate surface area is 100 Å². The SMILES string of the molecule is CN(CCOc1cnccc1C(=O)O)C1CC1. The molecule has 5 heteroatoms. The minimum Gasteiger partial charge on any atom is -0.490 e. The van der Waals surface area contributed by atoms with E-state index in [9.17, 15) is 4.79 Å². The van der Waals surface area contributed by atoms with Gasteiger partial charge in [-0.3, -0.25) is 4.98 Å². The van der Waals surface area contributed by atoms with Crippen molar-refractivity contribution in [3.63, 3.8) is 0 Å². The van der Waals surface area contributed by atoms with Crippen molar-refractivity contribution in [1.29, 1.82) is 0 Å². The van der Waals surface area contributed by atoms with E-state index in [-0.39, 0.29) is 5.56 Å². The summed E-state index contributed by atoms with van der Waals surface area (Å²) in [4.78, 5) is 17.0. The van der Waals surface area contributed by atoms with E-state index in [0.717, 1.165) is 6.54 Å². The average Bonchev–Trinajstić information content (AvgIpc) is 3.13. The van der Waals surface area contributed by atoms with Crippen LogP contribution in [-0.4, -0.2) is 47.2 Å². The fraction of sp³-hybridized carbons (Fsp3) is 0.500. The average molecular weight is 236 g/mol. The van der Waals surface area contributed by atoms with Gasteiger partial charge in [0.05, 0.1) is 6.20 Å². The number of ether oxygens (including phenoxy) is 1.